The predicted molar refractivity (Wildman–Crippen MR) is 34.7 cm³/mol. The topological polar surface area (TPSA) is 92.4 Å². The highest BCUT2D eigenvalue weighted by atomic mass is 16.4. The molecule has 0 bridgehead atoms. The lowest BCUT2D eigenvalue weighted by Gasteiger charge is -2.09. The van der Waals surface area contributed by atoms with Crippen molar-refractivity contribution in [3.05, 3.63) is 0 Å². The van der Waals surface area contributed by atoms with E-state index in [4.69, 9.17) is 10.8 Å². The summed E-state index contributed by atoms with van der Waals surface area (Å²) >= 11 is 0. The van der Waals surface area contributed by atoms with Gasteiger partial charge in [0.25, 0.3) is 0 Å². The summed E-state index contributed by atoms with van der Waals surface area (Å²) in [5.74, 6) is -0.273. The number of hydrogen-bond donors (Lipinski definition) is 3. The molecule has 0 saturated heterocycles. The summed E-state index contributed by atoms with van der Waals surface area (Å²) in [6, 6.07) is -0.766. The van der Waals surface area contributed by atoms with Crippen molar-refractivity contribution in [2.45, 2.75) is 13.0 Å². The molecule has 0 aliphatic carbocycles. The van der Waals surface area contributed by atoms with Gasteiger partial charge in [-0.2, -0.15) is 0 Å². The third-order valence-corrected chi connectivity index (χ3v) is 1.02. The van der Waals surface area contributed by atoms with Crippen LogP contribution in [0.2, 0.25) is 0 Å². The van der Waals surface area contributed by atoms with Gasteiger partial charge in [0.05, 0.1) is 0 Å². The summed E-state index contributed by atoms with van der Waals surface area (Å²) in [6.07, 6.45) is -1.23. The van der Waals surface area contributed by atoms with E-state index in [1.165, 1.54) is 6.92 Å². The lowest BCUT2D eigenvalue weighted by Crippen LogP contribution is -2.44. The molecule has 0 saturated carbocycles. The molecule has 0 aromatic carbocycles. The number of carboxylic acid groups (broad SMARTS) is 1. The summed E-state index contributed by atoms with van der Waals surface area (Å²) in [7, 11) is 0. The largest absolute Gasteiger partial charge is 0.465 e. The number of nitrogens with one attached hydrogen (secondary N) is 1. The molecule has 0 aromatic rings. The maximum Gasteiger partial charge on any atom is 0.405 e. The standard InChI is InChI=1S/C5H10N2O3/c1-3(8)4(2-6)7-5(9)10/h4,7H,2,6H2,1H3,(H,9,10). The van der Waals surface area contributed by atoms with E-state index in [0.717, 1.165) is 0 Å². The van der Waals surface area contributed by atoms with Gasteiger partial charge in [-0.3, -0.25) is 4.79 Å². The van der Waals surface area contributed by atoms with Crippen molar-refractivity contribution in [1.82, 2.24) is 5.32 Å². The van der Waals surface area contributed by atoms with E-state index in [-0.39, 0.29) is 12.3 Å². The van der Waals surface area contributed by atoms with Gasteiger partial charge >= 0.3 is 6.09 Å². The zero-order valence-electron chi connectivity index (χ0n) is 5.63. The third-order valence-electron chi connectivity index (χ3n) is 1.02. The molecule has 1 amide bonds. The molecule has 0 rings (SSSR count). The van der Waals surface area contributed by atoms with Gasteiger partial charge < -0.3 is 16.2 Å². The number of amides is 1. The zero-order chi connectivity index (χ0) is 8.15. The Balaban J connectivity index is 3.83. The molecule has 5 nitrogen and oxygen atoms in total. The molecule has 0 aromatic heterocycles. The first kappa shape index (κ1) is 8.90. The number of hydrogen-bond acceptors (Lipinski definition) is 3. The molecule has 10 heavy (non-hydrogen) atoms. The van der Waals surface area contributed by atoms with E-state index in [2.05, 4.69) is 0 Å². The highest BCUT2D eigenvalue weighted by Gasteiger charge is 2.13. The molecule has 4 N–H and O–H groups in total. The highest BCUT2D eigenvalue weighted by molar-refractivity contribution is 5.85. The van der Waals surface area contributed by atoms with Gasteiger partial charge in [-0.05, 0) is 6.92 Å². The minimum absolute atomic E-state index is 0.00162. The second-order valence-corrected chi connectivity index (χ2v) is 1.85. The Labute approximate surface area is 58.2 Å². The number of rotatable bonds is 3. The molecule has 0 fully saturated rings. The number of Topliss-reactive ketones (excluding diaryl/α,β-unsaturated/α-hetero) is 1. The lowest BCUT2D eigenvalue weighted by atomic mass is 10.2. The average Bonchev–Trinajstić information content (AvgIpc) is 1.81. The molecule has 0 aliphatic heterocycles. The Hall–Kier alpha value is -1.10. The first-order valence-electron chi connectivity index (χ1n) is 2.78. The fourth-order valence-corrected chi connectivity index (χ4v) is 0.476. The fraction of sp³-hybridized carbons (Fsp3) is 0.600. The van der Waals surface area contributed by atoms with Crippen LogP contribution in [0.1, 0.15) is 6.92 Å². The van der Waals surface area contributed by atoms with Crippen LogP contribution in [-0.2, 0) is 4.79 Å². The summed E-state index contributed by atoms with van der Waals surface area (Å²) in [5, 5.41) is 10.1. The number of nitrogens with two attached hydrogens (primary N) is 1. The van der Waals surface area contributed by atoms with E-state index in [1.807, 2.05) is 5.32 Å². The predicted octanol–water partition coefficient (Wildman–Crippen LogP) is -0.830. The molecule has 1 atom stereocenters. The Morgan fingerprint density at radius 1 is 1.70 bits per heavy atom. The van der Waals surface area contributed by atoms with Crippen LogP contribution in [0, 0.1) is 0 Å². The summed E-state index contributed by atoms with van der Waals surface area (Å²) in [5.41, 5.74) is 5.08. The summed E-state index contributed by atoms with van der Waals surface area (Å²) < 4.78 is 0. The van der Waals surface area contributed by atoms with Crippen LogP contribution in [0.3, 0.4) is 0 Å². The van der Waals surface area contributed by atoms with E-state index in [1.54, 1.807) is 0 Å². The highest BCUT2D eigenvalue weighted by Crippen LogP contribution is 1.81. The molecule has 58 valence electrons. The normalized spacial score (nSPS) is 12.2. The molecule has 5 heteroatoms. The van der Waals surface area contributed by atoms with E-state index >= 15 is 0 Å². The lowest BCUT2D eigenvalue weighted by molar-refractivity contribution is -0.118. The van der Waals surface area contributed by atoms with Crippen LogP contribution >= 0.6 is 0 Å². The Kier molecular flexibility index (Phi) is 3.42. The Morgan fingerprint density at radius 2 is 2.20 bits per heavy atom. The van der Waals surface area contributed by atoms with Crippen molar-refractivity contribution in [2.24, 2.45) is 5.73 Å². The monoisotopic (exact) mass is 146 g/mol. The van der Waals surface area contributed by atoms with Crippen molar-refractivity contribution < 1.29 is 14.7 Å². The molecule has 0 aliphatic rings. The van der Waals surface area contributed by atoms with Crippen LogP contribution in [0.4, 0.5) is 4.79 Å². The molecule has 0 radical (unpaired) electrons. The van der Waals surface area contributed by atoms with Crippen molar-refractivity contribution in [2.75, 3.05) is 6.54 Å². The van der Waals surface area contributed by atoms with Gasteiger partial charge in [0.1, 0.15) is 6.04 Å². The fourth-order valence-electron chi connectivity index (χ4n) is 0.476. The van der Waals surface area contributed by atoms with Crippen LogP contribution in [0.5, 0.6) is 0 Å². The van der Waals surface area contributed by atoms with Gasteiger partial charge in [0.15, 0.2) is 5.78 Å². The average molecular weight is 146 g/mol. The number of carbonyl (C=O) groups is 2. The van der Waals surface area contributed by atoms with E-state index < -0.39 is 12.1 Å². The minimum Gasteiger partial charge on any atom is -0.465 e. The Bertz CT molecular complexity index is 146. The number of carbonyl (C=O) groups excluding carboxylic acids is 1. The first-order valence-corrected chi connectivity index (χ1v) is 2.78. The summed E-state index contributed by atoms with van der Waals surface area (Å²) in [4.78, 5) is 20.5. The maximum atomic E-state index is 10.5. The molecule has 1 unspecified atom stereocenters. The van der Waals surface area contributed by atoms with Crippen LogP contribution < -0.4 is 11.1 Å². The third kappa shape index (κ3) is 3.03. The van der Waals surface area contributed by atoms with Gasteiger partial charge in [0.2, 0.25) is 0 Å². The molecule has 0 spiro atoms. The van der Waals surface area contributed by atoms with Crippen molar-refractivity contribution in [1.29, 1.82) is 0 Å². The minimum atomic E-state index is -1.23. The van der Waals surface area contributed by atoms with Gasteiger partial charge in [-0.25, -0.2) is 4.79 Å². The SMILES string of the molecule is CC(=O)C(CN)NC(=O)O. The quantitative estimate of drug-likeness (QED) is 0.484. The van der Waals surface area contributed by atoms with Crippen molar-refractivity contribution in [3.63, 3.8) is 0 Å². The van der Waals surface area contributed by atoms with Crippen LogP contribution in [0.15, 0.2) is 0 Å². The summed E-state index contributed by atoms with van der Waals surface area (Å²) in [6.45, 7) is 1.29. The second kappa shape index (κ2) is 3.84. The van der Waals surface area contributed by atoms with E-state index in [9.17, 15) is 9.59 Å². The Morgan fingerprint density at radius 3 is 2.30 bits per heavy atom. The second-order valence-electron chi connectivity index (χ2n) is 1.85. The van der Waals surface area contributed by atoms with Gasteiger partial charge in [-0.1, -0.05) is 0 Å². The van der Waals surface area contributed by atoms with Crippen molar-refractivity contribution >= 4 is 11.9 Å². The number of ketones is 1. The maximum absolute atomic E-state index is 10.5. The van der Waals surface area contributed by atoms with Crippen LogP contribution in [-0.4, -0.2) is 29.6 Å². The van der Waals surface area contributed by atoms with Crippen molar-refractivity contribution in [3.8, 4) is 0 Å². The van der Waals surface area contributed by atoms with Gasteiger partial charge in [0, 0.05) is 6.54 Å². The van der Waals surface area contributed by atoms with Crippen LogP contribution in [0.25, 0.3) is 0 Å². The zero-order valence-corrected chi connectivity index (χ0v) is 5.63. The molecular weight excluding hydrogens is 136 g/mol. The molecule has 0 heterocycles. The van der Waals surface area contributed by atoms with Gasteiger partial charge in [-0.15, -0.1) is 0 Å². The first-order chi connectivity index (χ1) is 4.57. The van der Waals surface area contributed by atoms with E-state index in [0.29, 0.717) is 0 Å². The molecular formula is C5H10N2O3. The smallest absolute Gasteiger partial charge is 0.405 e.